The Labute approximate surface area is 90.7 Å². The fraction of sp³-hybridized carbons (Fsp3) is 0.455. The average molecular weight is 228 g/mol. The normalized spacial score (nSPS) is 14.2. The van der Waals surface area contributed by atoms with Crippen LogP contribution < -0.4 is 0 Å². The standard InChI is InChI=1S/C11H16O3S/c1-8(2)11(12)9-5-4-6-10(7-9)15(3,13)14/h4-8,11-12H,1-3H3. The highest BCUT2D eigenvalue weighted by Gasteiger charge is 2.14. The molecule has 0 saturated heterocycles. The summed E-state index contributed by atoms with van der Waals surface area (Å²) in [6.45, 7) is 3.77. The zero-order valence-electron chi connectivity index (χ0n) is 9.14. The molecule has 0 amide bonds. The molecule has 1 atom stereocenters. The molecule has 1 rings (SSSR count). The summed E-state index contributed by atoms with van der Waals surface area (Å²) < 4.78 is 22.6. The van der Waals surface area contributed by atoms with Crippen LogP contribution in [0.4, 0.5) is 0 Å². The molecule has 0 heterocycles. The fourth-order valence-corrected chi connectivity index (χ4v) is 1.99. The SMILES string of the molecule is CC(C)C(O)c1cccc(S(C)(=O)=O)c1. The molecule has 4 heteroatoms. The molecule has 0 bridgehead atoms. The Bertz CT molecular complexity index is 435. The van der Waals surface area contributed by atoms with Gasteiger partial charge in [0.05, 0.1) is 11.0 Å². The van der Waals surface area contributed by atoms with E-state index >= 15 is 0 Å². The summed E-state index contributed by atoms with van der Waals surface area (Å²) in [5, 5.41) is 9.79. The molecule has 0 saturated carbocycles. The van der Waals surface area contributed by atoms with Gasteiger partial charge in [0, 0.05) is 6.26 Å². The highest BCUT2D eigenvalue weighted by Crippen LogP contribution is 2.23. The number of hydrogen-bond acceptors (Lipinski definition) is 3. The predicted octanol–water partition coefficient (Wildman–Crippen LogP) is 1.78. The maximum Gasteiger partial charge on any atom is 0.175 e. The van der Waals surface area contributed by atoms with Crippen LogP contribution in [0, 0.1) is 5.92 Å². The third kappa shape index (κ3) is 3.04. The van der Waals surface area contributed by atoms with Gasteiger partial charge < -0.3 is 5.11 Å². The van der Waals surface area contributed by atoms with E-state index < -0.39 is 15.9 Å². The van der Waals surface area contributed by atoms with Crippen LogP contribution in [0.25, 0.3) is 0 Å². The van der Waals surface area contributed by atoms with Crippen LogP contribution in [-0.4, -0.2) is 19.8 Å². The summed E-state index contributed by atoms with van der Waals surface area (Å²) in [5.41, 5.74) is 0.646. The van der Waals surface area contributed by atoms with Crippen molar-refractivity contribution in [3.05, 3.63) is 29.8 Å². The molecule has 0 aliphatic rings. The maximum absolute atomic E-state index is 11.3. The number of hydrogen-bond donors (Lipinski definition) is 1. The summed E-state index contributed by atoms with van der Waals surface area (Å²) in [7, 11) is -3.20. The number of benzene rings is 1. The third-order valence-corrected chi connectivity index (χ3v) is 3.37. The Morgan fingerprint density at radius 1 is 1.27 bits per heavy atom. The summed E-state index contributed by atoms with van der Waals surface area (Å²) in [4.78, 5) is 0.250. The molecule has 0 aliphatic heterocycles. The quantitative estimate of drug-likeness (QED) is 0.858. The first-order valence-corrected chi connectivity index (χ1v) is 6.69. The average Bonchev–Trinajstić information content (AvgIpc) is 2.15. The number of aliphatic hydroxyl groups is 1. The van der Waals surface area contributed by atoms with Crippen molar-refractivity contribution in [1.29, 1.82) is 0 Å². The van der Waals surface area contributed by atoms with Crippen molar-refractivity contribution in [3.8, 4) is 0 Å². The molecule has 1 unspecified atom stereocenters. The zero-order chi connectivity index (χ0) is 11.6. The number of aliphatic hydroxyl groups excluding tert-OH is 1. The molecule has 0 aromatic heterocycles. The van der Waals surface area contributed by atoms with Gasteiger partial charge >= 0.3 is 0 Å². The van der Waals surface area contributed by atoms with Gasteiger partial charge in [0.25, 0.3) is 0 Å². The van der Waals surface area contributed by atoms with E-state index in [4.69, 9.17) is 0 Å². The van der Waals surface area contributed by atoms with Gasteiger partial charge in [-0.15, -0.1) is 0 Å². The lowest BCUT2D eigenvalue weighted by molar-refractivity contribution is 0.126. The summed E-state index contributed by atoms with van der Waals surface area (Å²) in [5.74, 6) is 0.0693. The van der Waals surface area contributed by atoms with Crippen LogP contribution in [-0.2, 0) is 9.84 Å². The van der Waals surface area contributed by atoms with Crippen molar-refractivity contribution in [2.75, 3.05) is 6.26 Å². The lowest BCUT2D eigenvalue weighted by atomic mass is 9.99. The van der Waals surface area contributed by atoms with E-state index in [9.17, 15) is 13.5 Å². The molecule has 3 nitrogen and oxygen atoms in total. The molecule has 0 spiro atoms. The molecule has 0 radical (unpaired) electrons. The third-order valence-electron chi connectivity index (χ3n) is 2.26. The Morgan fingerprint density at radius 3 is 2.33 bits per heavy atom. The predicted molar refractivity (Wildman–Crippen MR) is 59.3 cm³/mol. The second-order valence-corrected chi connectivity index (χ2v) is 6.05. The fourth-order valence-electron chi connectivity index (χ4n) is 1.31. The van der Waals surface area contributed by atoms with Crippen molar-refractivity contribution in [1.82, 2.24) is 0 Å². The summed E-state index contributed by atoms with van der Waals surface area (Å²) in [6.07, 6.45) is 0.542. The van der Waals surface area contributed by atoms with E-state index in [1.165, 1.54) is 12.1 Å². The van der Waals surface area contributed by atoms with Crippen molar-refractivity contribution in [2.24, 2.45) is 5.92 Å². The van der Waals surface area contributed by atoms with Crippen LogP contribution in [0.5, 0.6) is 0 Å². The second kappa shape index (κ2) is 4.33. The van der Waals surface area contributed by atoms with Crippen molar-refractivity contribution in [3.63, 3.8) is 0 Å². The monoisotopic (exact) mass is 228 g/mol. The van der Waals surface area contributed by atoms with E-state index in [0.29, 0.717) is 5.56 Å². The Hall–Kier alpha value is -0.870. The molecule has 15 heavy (non-hydrogen) atoms. The van der Waals surface area contributed by atoms with Crippen LogP contribution in [0.3, 0.4) is 0 Å². The molecule has 0 aliphatic carbocycles. The molecule has 1 aromatic carbocycles. The molecule has 1 N–H and O–H groups in total. The van der Waals surface area contributed by atoms with Crippen molar-refractivity contribution >= 4 is 9.84 Å². The highest BCUT2D eigenvalue weighted by molar-refractivity contribution is 7.90. The van der Waals surface area contributed by atoms with E-state index in [1.807, 2.05) is 13.8 Å². The van der Waals surface area contributed by atoms with E-state index in [-0.39, 0.29) is 10.8 Å². The van der Waals surface area contributed by atoms with Gasteiger partial charge in [-0.05, 0) is 23.6 Å². The van der Waals surface area contributed by atoms with Gasteiger partial charge in [-0.1, -0.05) is 26.0 Å². The van der Waals surface area contributed by atoms with Crippen molar-refractivity contribution < 1.29 is 13.5 Å². The van der Waals surface area contributed by atoms with Gasteiger partial charge in [0.2, 0.25) is 0 Å². The van der Waals surface area contributed by atoms with Gasteiger partial charge in [0.15, 0.2) is 9.84 Å². The lowest BCUT2D eigenvalue weighted by Gasteiger charge is -2.15. The van der Waals surface area contributed by atoms with E-state index in [2.05, 4.69) is 0 Å². The van der Waals surface area contributed by atoms with E-state index in [0.717, 1.165) is 6.26 Å². The molecule has 0 fully saturated rings. The van der Waals surface area contributed by atoms with E-state index in [1.54, 1.807) is 12.1 Å². The number of sulfone groups is 1. The van der Waals surface area contributed by atoms with Crippen molar-refractivity contribution in [2.45, 2.75) is 24.8 Å². The van der Waals surface area contributed by atoms with Gasteiger partial charge in [-0.3, -0.25) is 0 Å². The minimum atomic E-state index is -3.20. The molecule has 84 valence electrons. The van der Waals surface area contributed by atoms with Crippen LogP contribution >= 0.6 is 0 Å². The summed E-state index contributed by atoms with van der Waals surface area (Å²) in [6, 6.07) is 6.45. The first kappa shape index (κ1) is 12.2. The van der Waals surface area contributed by atoms with Crippen LogP contribution in [0.2, 0.25) is 0 Å². The van der Waals surface area contributed by atoms with Gasteiger partial charge in [-0.2, -0.15) is 0 Å². The minimum absolute atomic E-state index is 0.0693. The van der Waals surface area contributed by atoms with Crippen LogP contribution in [0.1, 0.15) is 25.5 Å². The second-order valence-electron chi connectivity index (χ2n) is 4.03. The van der Waals surface area contributed by atoms with Gasteiger partial charge in [-0.25, -0.2) is 8.42 Å². The molecule has 1 aromatic rings. The van der Waals surface area contributed by atoms with Crippen LogP contribution in [0.15, 0.2) is 29.2 Å². The molecular formula is C11H16O3S. The summed E-state index contributed by atoms with van der Waals surface area (Å²) >= 11 is 0. The largest absolute Gasteiger partial charge is 0.388 e. The maximum atomic E-state index is 11.3. The first-order chi connectivity index (χ1) is 6.82. The smallest absolute Gasteiger partial charge is 0.175 e. The Kier molecular flexibility index (Phi) is 3.52. The lowest BCUT2D eigenvalue weighted by Crippen LogP contribution is -2.06. The Balaban J connectivity index is 3.14. The zero-order valence-corrected chi connectivity index (χ0v) is 9.95. The van der Waals surface area contributed by atoms with Gasteiger partial charge in [0.1, 0.15) is 0 Å². The topological polar surface area (TPSA) is 54.4 Å². The Morgan fingerprint density at radius 2 is 1.87 bits per heavy atom. The minimum Gasteiger partial charge on any atom is -0.388 e. The highest BCUT2D eigenvalue weighted by atomic mass is 32.2. The number of rotatable bonds is 3. The first-order valence-electron chi connectivity index (χ1n) is 4.80. The molecular weight excluding hydrogens is 212 g/mol.